The summed E-state index contributed by atoms with van der Waals surface area (Å²) < 4.78 is 24.0. The van der Waals surface area contributed by atoms with Gasteiger partial charge in [-0.15, -0.1) is 0 Å². The Balaban J connectivity index is 2.13. The summed E-state index contributed by atoms with van der Waals surface area (Å²) in [4.78, 5) is 38.3. The summed E-state index contributed by atoms with van der Waals surface area (Å²) in [6, 6.07) is 6.69. The molecule has 1 unspecified atom stereocenters. The average Bonchev–Trinajstić information content (AvgIpc) is 2.86. The molecule has 10 heteroatoms. The van der Waals surface area contributed by atoms with E-state index in [9.17, 15) is 33.0 Å². The Hall–Kier alpha value is -3.40. The first-order valence-electron chi connectivity index (χ1n) is 8.47. The zero-order chi connectivity index (χ0) is 21.5. The van der Waals surface area contributed by atoms with Crippen LogP contribution in [-0.4, -0.2) is 53.3 Å². The largest absolute Gasteiger partial charge is 0.504 e. The van der Waals surface area contributed by atoms with Crippen LogP contribution in [0.2, 0.25) is 0 Å². The average molecular weight is 418 g/mol. The molecule has 0 aliphatic carbocycles. The maximum absolute atomic E-state index is 13.1. The van der Waals surface area contributed by atoms with Crippen molar-refractivity contribution in [3.8, 4) is 11.5 Å². The van der Waals surface area contributed by atoms with Gasteiger partial charge >= 0.3 is 0 Å². The smallest absolute Gasteiger partial charge is 0.264 e. The molecule has 0 saturated heterocycles. The molecule has 29 heavy (non-hydrogen) atoms. The Kier molecular flexibility index (Phi) is 5.05. The summed E-state index contributed by atoms with van der Waals surface area (Å²) in [6.07, 6.45) is 0.959. The lowest BCUT2D eigenvalue weighted by Crippen LogP contribution is -2.37. The van der Waals surface area contributed by atoms with Gasteiger partial charge in [0.15, 0.2) is 11.5 Å². The Labute approximate surface area is 166 Å². The van der Waals surface area contributed by atoms with Crippen LogP contribution in [0, 0.1) is 0 Å². The third-order valence-corrected chi connectivity index (χ3v) is 5.33. The number of nitrogens with zero attached hydrogens (tertiary/aromatic N) is 1. The molecule has 1 atom stereocenters. The van der Waals surface area contributed by atoms with Gasteiger partial charge < -0.3 is 15.5 Å². The standard InChI is InChI=1S/C19H18N2O7S/c1-10(22)20-13-5-3-4-12-17(13)19(26)21(18(12)25)14(9-29(2,27)28)11-6-7-15(23)16(24)8-11/h3-8,14,23-24H,9H2,1-2H3,(H,20,22). The first kappa shape index (κ1) is 20.3. The number of hydrogen-bond donors (Lipinski definition) is 3. The van der Waals surface area contributed by atoms with Crippen molar-refractivity contribution in [2.24, 2.45) is 0 Å². The predicted octanol–water partition coefficient (Wildman–Crippen LogP) is 1.44. The van der Waals surface area contributed by atoms with Crippen LogP contribution < -0.4 is 5.32 Å². The van der Waals surface area contributed by atoms with E-state index in [1.54, 1.807) is 0 Å². The lowest BCUT2D eigenvalue weighted by atomic mass is 10.1. The number of sulfone groups is 1. The molecule has 0 radical (unpaired) electrons. The topological polar surface area (TPSA) is 141 Å². The van der Waals surface area contributed by atoms with Crippen LogP contribution in [0.5, 0.6) is 11.5 Å². The Morgan fingerprint density at radius 3 is 2.38 bits per heavy atom. The van der Waals surface area contributed by atoms with Crippen molar-refractivity contribution in [2.45, 2.75) is 13.0 Å². The van der Waals surface area contributed by atoms with E-state index in [2.05, 4.69) is 5.32 Å². The van der Waals surface area contributed by atoms with Crippen LogP contribution in [0.4, 0.5) is 5.69 Å². The highest BCUT2D eigenvalue weighted by Gasteiger charge is 2.43. The van der Waals surface area contributed by atoms with Crippen molar-refractivity contribution in [1.82, 2.24) is 4.90 Å². The van der Waals surface area contributed by atoms with Crippen LogP contribution in [0.3, 0.4) is 0 Å². The molecule has 0 fully saturated rings. The second kappa shape index (κ2) is 7.21. The fourth-order valence-corrected chi connectivity index (χ4v) is 4.15. The third-order valence-electron chi connectivity index (χ3n) is 4.41. The molecule has 3 amide bonds. The van der Waals surface area contributed by atoms with E-state index in [4.69, 9.17) is 0 Å². The molecule has 9 nitrogen and oxygen atoms in total. The number of carbonyl (C=O) groups is 3. The molecule has 1 heterocycles. The van der Waals surface area contributed by atoms with Crippen LogP contribution in [0.1, 0.15) is 39.2 Å². The number of phenolic OH excluding ortho intramolecular Hbond substituents is 2. The minimum atomic E-state index is -3.66. The van der Waals surface area contributed by atoms with E-state index in [0.29, 0.717) is 0 Å². The molecule has 2 aromatic rings. The maximum atomic E-state index is 13.1. The highest BCUT2D eigenvalue weighted by molar-refractivity contribution is 7.90. The quantitative estimate of drug-likeness (QED) is 0.493. The van der Waals surface area contributed by atoms with E-state index in [-0.39, 0.29) is 22.4 Å². The number of amides is 3. The first-order chi connectivity index (χ1) is 13.5. The summed E-state index contributed by atoms with van der Waals surface area (Å²) in [5.41, 5.74) is 0.292. The molecule has 1 aliphatic rings. The first-order valence-corrected chi connectivity index (χ1v) is 10.5. The SMILES string of the molecule is CC(=O)Nc1cccc2c1C(=O)N(C(CS(C)(=O)=O)c1ccc(O)c(O)c1)C2=O. The summed E-state index contributed by atoms with van der Waals surface area (Å²) >= 11 is 0. The molecule has 2 aromatic carbocycles. The molecular weight excluding hydrogens is 400 g/mol. The normalized spacial score (nSPS) is 14.6. The molecule has 3 rings (SSSR count). The van der Waals surface area contributed by atoms with Gasteiger partial charge in [0.2, 0.25) is 5.91 Å². The molecule has 0 spiro atoms. The second-order valence-corrected chi connectivity index (χ2v) is 8.93. The number of aromatic hydroxyl groups is 2. The fourth-order valence-electron chi connectivity index (χ4n) is 3.23. The molecular formula is C19H18N2O7S. The van der Waals surface area contributed by atoms with E-state index >= 15 is 0 Å². The van der Waals surface area contributed by atoms with Crippen LogP contribution in [0.25, 0.3) is 0 Å². The maximum Gasteiger partial charge on any atom is 0.264 e. The van der Waals surface area contributed by atoms with Crippen LogP contribution in [0.15, 0.2) is 36.4 Å². The van der Waals surface area contributed by atoms with Crippen molar-refractivity contribution < 1.29 is 33.0 Å². The summed E-state index contributed by atoms with van der Waals surface area (Å²) in [5.74, 6) is -3.46. The molecule has 1 aliphatic heterocycles. The number of nitrogens with one attached hydrogen (secondary N) is 1. The van der Waals surface area contributed by atoms with Gasteiger partial charge in [-0.2, -0.15) is 0 Å². The second-order valence-electron chi connectivity index (χ2n) is 6.75. The van der Waals surface area contributed by atoms with Gasteiger partial charge in [0, 0.05) is 13.2 Å². The number of hydrogen-bond acceptors (Lipinski definition) is 7. The van der Waals surface area contributed by atoms with Crippen LogP contribution >= 0.6 is 0 Å². The van der Waals surface area contributed by atoms with E-state index in [0.717, 1.165) is 23.3 Å². The number of imide groups is 1. The van der Waals surface area contributed by atoms with Gasteiger partial charge in [0.1, 0.15) is 9.84 Å². The van der Waals surface area contributed by atoms with Gasteiger partial charge in [-0.3, -0.25) is 19.3 Å². The summed E-state index contributed by atoms with van der Waals surface area (Å²) in [7, 11) is -3.66. The zero-order valence-electron chi connectivity index (χ0n) is 15.5. The van der Waals surface area contributed by atoms with Crippen molar-refractivity contribution in [2.75, 3.05) is 17.3 Å². The monoisotopic (exact) mass is 418 g/mol. The number of rotatable bonds is 5. The molecule has 0 bridgehead atoms. The Bertz CT molecular complexity index is 1140. The van der Waals surface area contributed by atoms with Gasteiger partial charge in [-0.05, 0) is 29.8 Å². The molecule has 152 valence electrons. The van der Waals surface area contributed by atoms with E-state index in [1.807, 2.05) is 0 Å². The van der Waals surface area contributed by atoms with Crippen molar-refractivity contribution in [1.29, 1.82) is 0 Å². The van der Waals surface area contributed by atoms with Crippen LogP contribution in [-0.2, 0) is 14.6 Å². The highest BCUT2D eigenvalue weighted by atomic mass is 32.2. The molecule has 3 N–H and O–H groups in total. The molecule has 0 aromatic heterocycles. The predicted molar refractivity (Wildman–Crippen MR) is 103 cm³/mol. The van der Waals surface area contributed by atoms with Gasteiger partial charge in [-0.25, -0.2) is 8.42 Å². The fraction of sp³-hybridized carbons (Fsp3) is 0.211. The number of benzene rings is 2. The van der Waals surface area contributed by atoms with Gasteiger partial charge in [-0.1, -0.05) is 12.1 Å². The van der Waals surface area contributed by atoms with E-state index < -0.39 is 50.9 Å². The minimum absolute atomic E-state index is 0.0303. The Morgan fingerprint density at radius 1 is 1.10 bits per heavy atom. The molecule has 0 saturated carbocycles. The highest BCUT2D eigenvalue weighted by Crippen LogP contribution is 2.37. The van der Waals surface area contributed by atoms with E-state index in [1.165, 1.54) is 31.2 Å². The summed E-state index contributed by atoms with van der Waals surface area (Å²) in [5, 5.41) is 21.8. The number of phenols is 2. The van der Waals surface area contributed by atoms with Crippen molar-refractivity contribution in [3.63, 3.8) is 0 Å². The lowest BCUT2D eigenvalue weighted by Gasteiger charge is -2.26. The zero-order valence-corrected chi connectivity index (χ0v) is 16.4. The number of fused-ring (bicyclic) bond motifs is 1. The third kappa shape index (κ3) is 3.92. The lowest BCUT2D eigenvalue weighted by molar-refractivity contribution is -0.114. The van der Waals surface area contributed by atoms with Gasteiger partial charge in [0.05, 0.1) is 28.6 Å². The van der Waals surface area contributed by atoms with Gasteiger partial charge in [0.25, 0.3) is 11.8 Å². The number of anilines is 1. The summed E-state index contributed by atoms with van der Waals surface area (Å²) in [6.45, 7) is 1.25. The van der Waals surface area contributed by atoms with Crippen molar-refractivity contribution in [3.05, 3.63) is 53.1 Å². The Morgan fingerprint density at radius 2 is 1.79 bits per heavy atom. The van der Waals surface area contributed by atoms with Crippen molar-refractivity contribution >= 4 is 33.2 Å². The minimum Gasteiger partial charge on any atom is -0.504 e. The number of carbonyl (C=O) groups excluding carboxylic acids is 3.